The molecule has 1 atom stereocenters. The molecule has 1 N–H and O–H groups in total. The summed E-state index contributed by atoms with van der Waals surface area (Å²) in [5.41, 5.74) is 7.83. The number of hydrogen-bond donors (Lipinski definition) is 1. The molecule has 2 aliphatic heterocycles. The lowest BCUT2D eigenvalue weighted by Crippen LogP contribution is -2.31. The first-order valence-electron chi connectivity index (χ1n) is 13.8. The summed E-state index contributed by atoms with van der Waals surface area (Å²) >= 11 is 3.68. The molecule has 0 amide bonds. The lowest BCUT2D eigenvalue weighted by atomic mass is 9.90. The van der Waals surface area contributed by atoms with E-state index in [2.05, 4.69) is 88.4 Å². The van der Waals surface area contributed by atoms with Gasteiger partial charge in [-0.15, -0.1) is 21.5 Å². The molecule has 0 saturated heterocycles. The van der Waals surface area contributed by atoms with Gasteiger partial charge in [-0.1, -0.05) is 43.0 Å². The van der Waals surface area contributed by atoms with Gasteiger partial charge in [-0.25, -0.2) is 4.98 Å². The van der Waals surface area contributed by atoms with E-state index < -0.39 is 0 Å². The van der Waals surface area contributed by atoms with Gasteiger partial charge < -0.3 is 14.8 Å². The number of benzene rings is 1. The van der Waals surface area contributed by atoms with E-state index in [9.17, 15) is 0 Å². The second-order valence-electron chi connectivity index (χ2n) is 10.4. The number of dihydropyridines is 1. The van der Waals surface area contributed by atoms with Crippen LogP contribution in [0.5, 0.6) is 0 Å². The van der Waals surface area contributed by atoms with Crippen LogP contribution in [-0.4, -0.2) is 56.1 Å². The van der Waals surface area contributed by atoms with Crippen molar-refractivity contribution in [2.24, 2.45) is 7.05 Å². The average Bonchev–Trinajstić information content (AvgIpc) is 3.49. The molecule has 0 bridgehead atoms. The molecule has 1 aliphatic carbocycles. The Bertz CT molecular complexity index is 1460. The number of thioether (sulfide) groups is 1. The van der Waals surface area contributed by atoms with Gasteiger partial charge in [-0.2, -0.15) is 0 Å². The van der Waals surface area contributed by atoms with Gasteiger partial charge >= 0.3 is 0 Å². The number of fused-ring (bicyclic) bond motifs is 3. The van der Waals surface area contributed by atoms with E-state index >= 15 is 0 Å². The van der Waals surface area contributed by atoms with Gasteiger partial charge in [0.1, 0.15) is 0 Å². The van der Waals surface area contributed by atoms with E-state index in [-0.39, 0.29) is 6.04 Å². The maximum Gasteiger partial charge on any atom is 0.191 e. The summed E-state index contributed by atoms with van der Waals surface area (Å²) in [6, 6.07) is 4.99. The van der Waals surface area contributed by atoms with E-state index in [0.29, 0.717) is 0 Å². The SMILES string of the molecule is CCc1nc2cc3c(cc2s1)CCN(CCCSc1nnc(C2=CC=CC4NC(C)=CC=C24)n1C)CCC3. The number of aromatic nitrogens is 4. The van der Waals surface area contributed by atoms with Crippen molar-refractivity contribution in [3.8, 4) is 0 Å². The molecule has 1 unspecified atom stereocenters. The summed E-state index contributed by atoms with van der Waals surface area (Å²) in [4.78, 5) is 7.47. The first-order valence-corrected chi connectivity index (χ1v) is 15.6. The number of nitrogens with one attached hydrogen (secondary N) is 1. The first-order chi connectivity index (χ1) is 18.6. The van der Waals surface area contributed by atoms with Crippen molar-refractivity contribution >= 4 is 38.9 Å². The highest BCUT2D eigenvalue weighted by Crippen LogP contribution is 2.32. The van der Waals surface area contributed by atoms with E-state index in [0.717, 1.165) is 61.1 Å². The van der Waals surface area contributed by atoms with Crippen molar-refractivity contribution in [2.45, 2.75) is 57.1 Å². The maximum absolute atomic E-state index is 4.82. The second-order valence-corrected chi connectivity index (χ2v) is 12.5. The molecule has 3 aliphatic rings. The number of thiazole rings is 1. The molecule has 0 saturated carbocycles. The summed E-state index contributed by atoms with van der Waals surface area (Å²) in [7, 11) is 2.09. The average molecular weight is 545 g/mol. The molecule has 0 fully saturated rings. The van der Waals surface area contributed by atoms with Gasteiger partial charge in [-0.05, 0) is 87.0 Å². The van der Waals surface area contributed by atoms with Crippen LogP contribution in [0.3, 0.4) is 0 Å². The Morgan fingerprint density at radius 1 is 1.11 bits per heavy atom. The molecule has 0 radical (unpaired) electrons. The van der Waals surface area contributed by atoms with Crippen molar-refractivity contribution in [3.63, 3.8) is 0 Å². The Morgan fingerprint density at radius 2 is 2.00 bits per heavy atom. The monoisotopic (exact) mass is 544 g/mol. The number of aryl methyl sites for hydroxylation is 2. The van der Waals surface area contributed by atoms with Gasteiger partial charge in [0.15, 0.2) is 11.0 Å². The third-order valence-electron chi connectivity index (χ3n) is 7.71. The Balaban J connectivity index is 1.04. The first kappa shape index (κ1) is 25.6. The lowest BCUT2D eigenvalue weighted by molar-refractivity contribution is 0.270. The maximum atomic E-state index is 4.82. The lowest BCUT2D eigenvalue weighted by Gasteiger charge is -2.27. The topological polar surface area (TPSA) is 58.9 Å². The van der Waals surface area contributed by atoms with Gasteiger partial charge in [0.05, 0.1) is 21.3 Å². The van der Waals surface area contributed by atoms with E-state index in [1.165, 1.54) is 50.6 Å². The van der Waals surface area contributed by atoms with Crippen LogP contribution in [0.4, 0.5) is 0 Å². The molecule has 6 rings (SSSR count). The number of rotatable bonds is 7. The van der Waals surface area contributed by atoms with Gasteiger partial charge in [-0.3, -0.25) is 0 Å². The predicted molar refractivity (Wildman–Crippen MR) is 160 cm³/mol. The molecular weight excluding hydrogens is 509 g/mol. The Kier molecular flexibility index (Phi) is 7.54. The number of hydrogen-bond acceptors (Lipinski definition) is 7. The largest absolute Gasteiger partial charge is 0.378 e. The third kappa shape index (κ3) is 5.26. The van der Waals surface area contributed by atoms with Crippen LogP contribution in [0.2, 0.25) is 0 Å². The minimum absolute atomic E-state index is 0.208. The Hall–Kier alpha value is -2.68. The molecule has 1 aromatic carbocycles. The quantitative estimate of drug-likeness (QED) is 0.304. The molecule has 8 heteroatoms. The van der Waals surface area contributed by atoms with Gasteiger partial charge in [0, 0.05) is 30.6 Å². The van der Waals surface area contributed by atoms with E-state index in [1.807, 2.05) is 23.1 Å². The summed E-state index contributed by atoms with van der Waals surface area (Å²) < 4.78 is 3.50. The smallest absolute Gasteiger partial charge is 0.191 e. The van der Waals surface area contributed by atoms with Gasteiger partial charge in [0.2, 0.25) is 0 Å². The normalized spacial score (nSPS) is 19.7. The zero-order chi connectivity index (χ0) is 26.1. The van der Waals surface area contributed by atoms with Crippen LogP contribution in [0.1, 0.15) is 48.6 Å². The van der Waals surface area contributed by atoms with Crippen LogP contribution in [0, 0.1) is 0 Å². The highest BCUT2D eigenvalue weighted by Gasteiger charge is 2.25. The van der Waals surface area contributed by atoms with Crippen LogP contribution < -0.4 is 5.32 Å². The van der Waals surface area contributed by atoms with Gasteiger partial charge in [0.25, 0.3) is 0 Å². The minimum Gasteiger partial charge on any atom is -0.378 e. The highest BCUT2D eigenvalue weighted by atomic mass is 32.2. The van der Waals surface area contributed by atoms with Crippen LogP contribution in [0.25, 0.3) is 15.8 Å². The fourth-order valence-electron chi connectivity index (χ4n) is 5.62. The molecule has 38 heavy (non-hydrogen) atoms. The summed E-state index contributed by atoms with van der Waals surface area (Å²) in [6.07, 6.45) is 16.5. The minimum atomic E-state index is 0.208. The molecule has 198 valence electrons. The van der Waals surface area contributed by atoms with Crippen molar-refractivity contribution in [2.75, 3.05) is 25.4 Å². The van der Waals surface area contributed by atoms with Crippen LogP contribution >= 0.6 is 23.1 Å². The predicted octanol–water partition coefficient (Wildman–Crippen LogP) is 5.72. The molecular formula is C30H36N6S2. The zero-order valence-corrected chi connectivity index (χ0v) is 24.2. The highest BCUT2D eigenvalue weighted by molar-refractivity contribution is 7.99. The molecule has 6 nitrogen and oxygen atoms in total. The number of allylic oxidation sites excluding steroid dienone is 5. The van der Waals surface area contributed by atoms with Crippen LogP contribution in [-0.2, 0) is 26.3 Å². The summed E-state index contributed by atoms with van der Waals surface area (Å²) in [5.74, 6) is 1.99. The molecule has 3 aromatic rings. The zero-order valence-electron chi connectivity index (χ0n) is 22.5. The molecule has 4 heterocycles. The van der Waals surface area contributed by atoms with Crippen LogP contribution in [0.15, 0.2) is 58.9 Å². The fraction of sp³-hybridized carbons (Fsp3) is 0.433. The summed E-state index contributed by atoms with van der Waals surface area (Å²) in [6.45, 7) is 7.74. The summed E-state index contributed by atoms with van der Waals surface area (Å²) in [5, 5.41) is 14.9. The van der Waals surface area contributed by atoms with Crippen molar-refractivity contribution in [1.29, 1.82) is 0 Å². The molecule has 0 spiro atoms. The number of nitrogens with zero attached hydrogens (tertiary/aromatic N) is 5. The fourth-order valence-corrected chi connectivity index (χ4v) is 7.41. The van der Waals surface area contributed by atoms with Crippen molar-refractivity contribution in [3.05, 3.63) is 75.7 Å². The molecule has 2 aromatic heterocycles. The Morgan fingerprint density at radius 3 is 2.89 bits per heavy atom. The Labute approximate surface area is 233 Å². The standard InChI is InChI=1S/C30H36N6S2/c1-4-28-32-26-18-21-8-6-14-36(16-13-22(21)19-27(26)38-28)15-7-17-37-30-34-33-29(35(30)3)24-9-5-10-25-23(24)12-11-20(2)31-25/h5,9-12,18-19,25,31H,4,6-8,13-17H2,1-3H3. The van der Waals surface area contributed by atoms with Crippen molar-refractivity contribution in [1.82, 2.24) is 30.0 Å². The third-order valence-corrected chi connectivity index (χ3v) is 9.98. The van der Waals surface area contributed by atoms with E-state index in [4.69, 9.17) is 4.98 Å². The van der Waals surface area contributed by atoms with E-state index in [1.54, 1.807) is 0 Å². The second kappa shape index (κ2) is 11.2. The van der Waals surface area contributed by atoms with Crippen molar-refractivity contribution < 1.29 is 0 Å².